The van der Waals surface area contributed by atoms with Crippen LogP contribution >= 0.6 is 11.3 Å². The summed E-state index contributed by atoms with van der Waals surface area (Å²) < 4.78 is 13.9. The Hall–Kier alpha value is -1.70. The Balaban J connectivity index is 2.10. The van der Waals surface area contributed by atoms with Crippen molar-refractivity contribution in [1.29, 1.82) is 5.26 Å². The molecule has 1 atom stereocenters. The second-order valence-electron chi connectivity index (χ2n) is 4.86. The smallest absolute Gasteiger partial charge is 0.145 e. The van der Waals surface area contributed by atoms with E-state index in [4.69, 9.17) is 5.26 Å². The zero-order chi connectivity index (χ0) is 14.7. The molecule has 0 saturated carbocycles. The van der Waals surface area contributed by atoms with Crippen molar-refractivity contribution in [2.45, 2.75) is 33.4 Å². The van der Waals surface area contributed by atoms with Gasteiger partial charge in [-0.2, -0.15) is 5.26 Å². The van der Waals surface area contributed by atoms with E-state index in [1.165, 1.54) is 21.4 Å². The lowest BCUT2D eigenvalue weighted by molar-refractivity contribution is 0.542. The number of halogens is 1. The summed E-state index contributed by atoms with van der Waals surface area (Å²) >= 11 is 1.77. The lowest BCUT2D eigenvalue weighted by Gasteiger charge is -2.14. The average Bonchev–Trinajstić information content (AvgIpc) is 2.76. The van der Waals surface area contributed by atoms with E-state index in [1.54, 1.807) is 23.5 Å². The van der Waals surface area contributed by atoms with Crippen LogP contribution in [0.1, 0.15) is 39.4 Å². The second kappa shape index (κ2) is 6.17. The number of benzene rings is 1. The first-order valence-corrected chi connectivity index (χ1v) is 7.32. The fourth-order valence-corrected chi connectivity index (χ4v) is 3.28. The van der Waals surface area contributed by atoms with Crippen molar-refractivity contribution >= 4 is 11.3 Å². The first-order chi connectivity index (χ1) is 9.52. The summed E-state index contributed by atoms with van der Waals surface area (Å²) in [5.41, 5.74) is 1.88. The van der Waals surface area contributed by atoms with Crippen LogP contribution in [0.15, 0.2) is 24.3 Å². The second-order valence-corrected chi connectivity index (χ2v) is 6.32. The Morgan fingerprint density at radius 1 is 1.40 bits per heavy atom. The van der Waals surface area contributed by atoms with Crippen LogP contribution in [-0.2, 0) is 6.54 Å². The maximum atomic E-state index is 13.9. The molecule has 2 aromatic rings. The molecule has 2 rings (SSSR count). The topological polar surface area (TPSA) is 35.8 Å². The van der Waals surface area contributed by atoms with Gasteiger partial charge in [0.05, 0.1) is 5.56 Å². The minimum absolute atomic E-state index is 0.0968. The number of nitrogens with zero attached hydrogens (tertiary/aromatic N) is 1. The van der Waals surface area contributed by atoms with Gasteiger partial charge in [-0.25, -0.2) is 4.39 Å². The lowest BCUT2D eigenvalue weighted by Crippen LogP contribution is -2.19. The van der Waals surface area contributed by atoms with Crippen molar-refractivity contribution in [2.24, 2.45) is 0 Å². The maximum Gasteiger partial charge on any atom is 0.145 e. The third-order valence-electron chi connectivity index (χ3n) is 3.34. The van der Waals surface area contributed by atoms with Gasteiger partial charge in [-0.1, -0.05) is 12.1 Å². The third-order valence-corrected chi connectivity index (χ3v) is 4.33. The Bertz CT molecular complexity index is 655. The van der Waals surface area contributed by atoms with Crippen molar-refractivity contribution in [3.8, 4) is 6.07 Å². The molecule has 1 aromatic heterocycles. The molecule has 0 radical (unpaired) electrons. The molecule has 0 aliphatic carbocycles. The summed E-state index contributed by atoms with van der Waals surface area (Å²) in [5.74, 6) is -0.423. The summed E-state index contributed by atoms with van der Waals surface area (Å²) in [6.07, 6.45) is 0. The number of thiophene rings is 1. The van der Waals surface area contributed by atoms with Gasteiger partial charge in [0, 0.05) is 27.9 Å². The molecule has 0 spiro atoms. The van der Waals surface area contributed by atoms with Gasteiger partial charge >= 0.3 is 0 Å². The van der Waals surface area contributed by atoms with Crippen molar-refractivity contribution in [2.75, 3.05) is 0 Å². The molecule has 104 valence electrons. The SMILES string of the molecule is Cc1cc(C(C)NCc2cccc(C#N)c2F)c(C)s1. The van der Waals surface area contributed by atoms with Crippen molar-refractivity contribution in [3.63, 3.8) is 0 Å². The largest absolute Gasteiger partial charge is 0.306 e. The van der Waals surface area contributed by atoms with Crippen LogP contribution in [0.4, 0.5) is 4.39 Å². The van der Waals surface area contributed by atoms with Gasteiger partial charge in [-0.05, 0) is 38.5 Å². The van der Waals surface area contributed by atoms with Gasteiger partial charge in [0.2, 0.25) is 0 Å². The number of aryl methyl sites for hydroxylation is 2. The van der Waals surface area contributed by atoms with Gasteiger partial charge in [-0.3, -0.25) is 0 Å². The van der Waals surface area contributed by atoms with Crippen molar-refractivity contribution in [1.82, 2.24) is 5.32 Å². The molecule has 4 heteroatoms. The van der Waals surface area contributed by atoms with E-state index in [9.17, 15) is 4.39 Å². The Kier molecular flexibility index (Phi) is 4.53. The first-order valence-electron chi connectivity index (χ1n) is 6.50. The molecular weight excluding hydrogens is 271 g/mol. The molecule has 1 N–H and O–H groups in total. The van der Waals surface area contributed by atoms with Crippen LogP contribution in [-0.4, -0.2) is 0 Å². The Labute approximate surface area is 122 Å². The van der Waals surface area contributed by atoms with Crippen molar-refractivity contribution in [3.05, 3.63) is 56.5 Å². The predicted molar refractivity (Wildman–Crippen MR) is 80.2 cm³/mol. The molecule has 2 nitrogen and oxygen atoms in total. The highest BCUT2D eigenvalue weighted by molar-refractivity contribution is 7.12. The zero-order valence-electron chi connectivity index (χ0n) is 11.8. The monoisotopic (exact) mass is 288 g/mol. The molecule has 1 heterocycles. The highest BCUT2D eigenvalue weighted by atomic mass is 32.1. The molecule has 0 aliphatic rings. The van der Waals surface area contributed by atoms with E-state index < -0.39 is 5.82 Å². The van der Waals surface area contributed by atoms with E-state index >= 15 is 0 Å². The number of nitriles is 1. The van der Waals surface area contributed by atoms with Crippen LogP contribution in [0.25, 0.3) is 0 Å². The molecule has 0 bridgehead atoms. The molecular formula is C16H17FN2S. The fourth-order valence-electron chi connectivity index (χ4n) is 2.26. The first kappa shape index (κ1) is 14.7. The maximum absolute atomic E-state index is 13.9. The van der Waals surface area contributed by atoms with Crippen LogP contribution in [0.2, 0.25) is 0 Å². The van der Waals surface area contributed by atoms with Gasteiger partial charge in [0.1, 0.15) is 11.9 Å². The molecule has 0 amide bonds. The highest BCUT2D eigenvalue weighted by Crippen LogP contribution is 2.26. The highest BCUT2D eigenvalue weighted by Gasteiger charge is 2.12. The van der Waals surface area contributed by atoms with Crippen LogP contribution in [0.5, 0.6) is 0 Å². The van der Waals surface area contributed by atoms with E-state index in [0.717, 1.165) is 0 Å². The number of hydrogen-bond donors (Lipinski definition) is 1. The fraction of sp³-hybridized carbons (Fsp3) is 0.312. The summed E-state index contributed by atoms with van der Waals surface area (Å²) in [6.45, 7) is 6.67. The standard InChI is InChI=1S/C16H17FN2S/c1-10-7-15(12(3)20-10)11(2)19-9-14-6-4-5-13(8-18)16(14)17/h4-7,11,19H,9H2,1-3H3. The molecule has 1 unspecified atom stereocenters. The number of rotatable bonds is 4. The summed E-state index contributed by atoms with van der Waals surface area (Å²) in [4.78, 5) is 2.57. The van der Waals surface area contributed by atoms with Crippen LogP contribution in [0, 0.1) is 31.0 Å². The molecule has 0 fully saturated rings. The third kappa shape index (κ3) is 3.06. The van der Waals surface area contributed by atoms with E-state index in [1.807, 2.05) is 6.07 Å². The minimum Gasteiger partial charge on any atom is -0.306 e. The zero-order valence-corrected chi connectivity index (χ0v) is 12.6. The Morgan fingerprint density at radius 2 is 2.15 bits per heavy atom. The summed E-state index contributed by atoms with van der Waals surface area (Å²) in [7, 11) is 0. The normalized spacial score (nSPS) is 12.2. The van der Waals surface area contributed by atoms with Gasteiger partial charge < -0.3 is 5.32 Å². The minimum atomic E-state index is -0.423. The average molecular weight is 288 g/mol. The molecule has 20 heavy (non-hydrogen) atoms. The lowest BCUT2D eigenvalue weighted by atomic mass is 10.1. The van der Waals surface area contributed by atoms with E-state index in [-0.39, 0.29) is 11.6 Å². The molecule has 1 aromatic carbocycles. The van der Waals surface area contributed by atoms with E-state index in [0.29, 0.717) is 12.1 Å². The number of hydrogen-bond acceptors (Lipinski definition) is 3. The molecule has 0 saturated heterocycles. The summed E-state index contributed by atoms with van der Waals surface area (Å²) in [6, 6.07) is 9.11. The van der Waals surface area contributed by atoms with Crippen LogP contribution < -0.4 is 5.32 Å². The van der Waals surface area contributed by atoms with E-state index in [2.05, 4.69) is 32.2 Å². The van der Waals surface area contributed by atoms with Gasteiger partial charge in [0.15, 0.2) is 0 Å². The summed E-state index contributed by atoms with van der Waals surface area (Å²) in [5, 5.41) is 12.1. The van der Waals surface area contributed by atoms with Gasteiger partial charge in [-0.15, -0.1) is 11.3 Å². The quantitative estimate of drug-likeness (QED) is 0.914. The Morgan fingerprint density at radius 3 is 2.75 bits per heavy atom. The van der Waals surface area contributed by atoms with Gasteiger partial charge in [0.25, 0.3) is 0 Å². The van der Waals surface area contributed by atoms with Crippen LogP contribution in [0.3, 0.4) is 0 Å². The molecule has 0 aliphatic heterocycles. The predicted octanol–water partition coefficient (Wildman–Crippen LogP) is 4.23. The van der Waals surface area contributed by atoms with Crippen molar-refractivity contribution < 1.29 is 4.39 Å². The number of nitrogens with one attached hydrogen (secondary N) is 1.